The second kappa shape index (κ2) is 6.57. The van der Waals surface area contributed by atoms with Gasteiger partial charge in [-0.15, -0.1) is 0 Å². The fraction of sp³-hybridized carbons (Fsp3) is 0.538. The minimum absolute atomic E-state index is 0.109. The molecule has 0 saturated carbocycles. The van der Waals surface area contributed by atoms with E-state index in [2.05, 4.69) is 0 Å². The summed E-state index contributed by atoms with van der Waals surface area (Å²) in [5, 5.41) is 9.31. The molecule has 0 amide bonds. The third kappa shape index (κ3) is 4.32. The Hall–Kier alpha value is -1.13. The summed E-state index contributed by atoms with van der Waals surface area (Å²) in [5.74, 6) is -0.245. The highest BCUT2D eigenvalue weighted by Crippen LogP contribution is 2.23. The molecule has 0 aliphatic rings. The van der Waals surface area contributed by atoms with E-state index in [0.29, 0.717) is 18.6 Å². The van der Waals surface area contributed by atoms with E-state index < -0.39 is 11.9 Å². The Labute approximate surface area is 101 Å². The Balaban J connectivity index is 2.65. The van der Waals surface area contributed by atoms with Gasteiger partial charge in [-0.1, -0.05) is 6.07 Å². The Morgan fingerprint density at radius 2 is 2.06 bits per heavy atom. The molecule has 96 valence electrons. The number of hydrogen-bond acceptors (Lipinski definition) is 3. The summed E-state index contributed by atoms with van der Waals surface area (Å²) in [6, 6.07) is 4.50. The molecule has 0 radical (unpaired) electrons. The average Bonchev–Trinajstić information content (AvgIpc) is 2.28. The standard InChI is InChI=1S/C13H19FO3/c1-9(6-7-16-3)17-13-5-4-11(10(2)15)8-12(13)14/h4-5,8-10,15H,6-7H2,1-3H3/t9?,10-/m0/s1. The maximum atomic E-state index is 13.6. The predicted octanol–water partition coefficient (Wildman–Crippen LogP) is 2.68. The molecule has 0 fully saturated rings. The molecule has 1 unspecified atom stereocenters. The number of benzene rings is 1. The zero-order valence-corrected chi connectivity index (χ0v) is 10.4. The molecule has 1 rings (SSSR count). The molecule has 0 saturated heterocycles. The molecular formula is C13H19FO3. The zero-order valence-electron chi connectivity index (χ0n) is 10.4. The summed E-state index contributed by atoms with van der Waals surface area (Å²) in [4.78, 5) is 0. The number of halogens is 1. The number of hydrogen-bond donors (Lipinski definition) is 1. The number of methoxy groups -OCH3 is 1. The van der Waals surface area contributed by atoms with Gasteiger partial charge in [0.2, 0.25) is 0 Å². The SMILES string of the molecule is COCCC(C)Oc1ccc([C@H](C)O)cc1F. The van der Waals surface area contributed by atoms with E-state index in [0.717, 1.165) is 0 Å². The first-order valence-corrected chi connectivity index (χ1v) is 5.67. The van der Waals surface area contributed by atoms with Crippen LogP contribution in [-0.4, -0.2) is 24.9 Å². The third-order valence-corrected chi connectivity index (χ3v) is 2.49. The Kier molecular flexibility index (Phi) is 5.38. The third-order valence-electron chi connectivity index (χ3n) is 2.49. The Morgan fingerprint density at radius 3 is 2.59 bits per heavy atom. The van der Waals surface area contributed by atoms with Crippen LogP contribution in [0.25, 0.3) is 0 Å². The minimum Gasteiger partial charge on any atom is -0.488 e. The summed E-state index contributed by atoms with van der Waals surface area (Å²) in [5.41, 5.74) is 0.541. The Morgan fingerprint density at radius 1 is 1.35 bits per heavy atom. The molecule has 0 aromatic heterocycles. The van der Waals surface area contributed by atoms with Gasteiger partial charge < -0.3 is 14.6 Å². The second-order valence-electron chi connectivity index (χ2n) is 4.08. The van der Waals surface area contributed by atoms with E-state index in [9.17, 15) is 9.50 Å². The smallest absolute Gasteiger partial charge is 0.165 e. The van der Waals surface area contributed by atoms with Crippen LogP contribution in [0.15, 0.2) is 18.2 Å². The lowest BCUT2D eigenvalue weighted by molar-refractivity contribution is 0.132. The highest BCUT2D eigenvalue weighted by Gasteiger charge is 2.10. The van der Waals surface area contributed by atoms with Crippen molar-refractivity contribution in [3.05, 3.63) is 29.6 Å². The van der Waals surface area contributed by atoms with Crippen LogP contribution in [0.1, 0.15) is 31.9 Å². The maximum Gasteiger partial charge on any atom is 0.165 e. The molecule has 0 spiro atoms. The van der Waals surface area contributed by atoms with Crippen LogP contribution in [0, 0.1) is 5.82 Å². The largest absolute Gasteiger partial charge is 0.488 e. The molecule has 4 heteroatoms. The van der Waals surface area contributed by atoms with Crippen LogP contribution in [0.4, 0.5) is 4.39 Å². The zero-order chi connectivity index (χ0) is 12.8. The van der Waals surface area contributed by atoms with Gasteiger partial charge >= 0.3 is 0 Å². The highest BCUT2D eigenvalue weighted by molar-refractivity contribution is 5.30. The van der Waals surface area contributed by atoms with E-state index >= 15 is 0 Å². The van der Waals surface area contributed by atoms with Crippen molar-refractivity contribution >= 4 is 0 Å². The van der Waals surface area contributed by atoms with Crippen molar-refractivity contribution in [2.24, 2.45) is 0 Å². The van der Waals surface area contributed by atoms with Gasteiger partial charge in [-0.25, -0.2) is 4.39 Å². The first-order valence-electron chi connectivity index (χ1n) is 5.67. The van der Waals surface area contributed by atoms with Crippen molar-refractivity contribution in [3.63, 3.8) is 0 Å². The first-order chi connectivity index (χ1) is 8.04. The van der Waals surface area contributed by atoms with Gasteiger partial charge in [0.15, 0.2) is 11.6 Å². The Bertz CT molecular complexity index is 353. The van der Waals surface area contributed by atoms with E-state index in [-0.39, 0.29) is 11.9 Å². The van der Waals surface area contributed by atoms with Crippen molar-refractivity contribution in [3.8, 4) is 5.75 Å². The van der Waals surface area contributed by atoms with Crippen molar-refractivity contribution < 1.29 is 19.0 Å². The molecular weight excluding hydrogens is 223 g/mol. The topological polar surface area (TPSA) is 38.7 Å². The number of ether oxygens (including phenoxy) is 2. The molecule has 1 N–H and O–H groups in total. The lowest BCUT2D eigenvalue weighted by Gasteiger charge is -2.15. The summed E-state index contributed by atoms with van der Waals surface area (Å²) in [6.07, 6.45) is -0.0833. The van der Waals surface area contributed by atoms with Gasteiger partial charge in [-0.3, -0.25) is 0 Å². The molecule has 0 bridgehead atoms. The first kappa shape index (κ1) is 13.9. The van der Waals surface area contributed by atoms with Crippen LogP contribution in [-0.2, 0) is 4.74 Å². The van der Waals surface area contributed by atoms with Gasteiger partial charge in [0.05, 0.1) is 12.2 Å². The molecule has 0 heterocycles. The van der Waals surface area contributed by atoms with Crippen molar-refractivity contribution in [2.75, 3.05) is 13.7 Å². The van der Waals surface area contributed by atoms with Crippen molar-refractivity contribution in [1.29, 1.82) is 0 Å². The second-order valence-corrected chi connectivity index (χ2v) is 4.08. The molecule has 1 aromatic carbocycles. The summed E-state index contributed by atoms with van der Waals surface area (Å²) < 4.78 is 24.0. The lowest BCUT2D eigenvalue weighted by Crippen LogP contribution is -2.15. The lowest BCUT2D eigenvalue weighted by atomic mass is 10.1. The van der Waals surface area contributed by atoms with Crippen molar-refractivity contribution in [2.45, 2.75) is 32.5 Å². The molecule has 1 aromatic rings. The van der Waals surface area contributed by atoms with Crippen molar-refractivity contribution in [1.82, 2.24) is 0 Å². The van der Waals surface area contributed by atoms with Gasteiger partial charge in [-0.2, -0.15) is 0 Å². The molecule has 3 nitrogen and oxygen atoms in total. The predicted molar refractivity (Wildman–Crippen MR) is 63.6 cm³/mol. The van der Waals surface area contributed by atoms with Crippen LogP contribution in [0.5, 0.6) is 5.75 Å². The molecule has 0 aliphatic carbocycles. The fourth-order valence-corrected chi connectivity index (χ4v) is 1.43. The molecule has 2 atom stereocenters. The average molecular weight is 242 g/mol. The van der Waals surface area contributed by atoms with Crippen LogP contribution >= 0.6 is 0 Å². The fourth-order valence-electron chi connectivity index (χ4n) is 1.43. The van der Waals surface area contributed by atoms with E-state index in [1.165, 1.54) is 6.07 Å². The highest BCUT2D eigenvalue weighted by atomic mass is 19.1. The summed E-state index contributed by atoms with van der Waals surface area (Å²) in [7, 11) is 1.62. The number of aliphatic hydroxyl groups is 1. The van der Waals surface area contributed by atoms with E-state index in [1.807, 2.05) is 6.92 Å². The normalized spacial score (nSPS) is 14.4. The van der Waals surface area contributed by atoms with Crippen LogP contribution in [0.2, 0.25) is 0 Å². The molecule has 0 aliphatic heterocycles. The van der Waals surface area contributed by atoms with E-state index in [4.69, 9.17) is 9.47 Å². The van der Waals surface area contributed by atoms with Crippen LogP contribution in [0.3, 0.4) is 0 Å². The summed E-state index contributed by atoms with van der Waals surface area (Å²) >= 11 is 0. The minimum atomic E-state index is -0.676. The number of aliphatic hydroxyl groups excluding tert-OH is 1. The van der Waals surface area contributed by atoms with Gasteiger partial charge in [0.1, 0.15) is 0 Å². The molecule has 17 heavy (non-hydrogen) atoms. The van der Waals surface area contributed by atoms with Gasteiger partial charge in [-0.05, 0) is 31.5 Å². The maximum absolute atomic E-state index is 13.6. The quantitative estimate of drug-likeness (QED) is 0.833. The summed E-state index contributed by atoms with van der Waals surface area (Å²) in [6.45, 7) is 4.03. The van der Waals surface area contributed by atoms with Crippen LogP contribution < -0.4 is 4.74 Å². The van der Waals surface area contributed by atoms with Gasteiger partial charge in [0, 0.05) is 20.1 Å². The van der Waals surface area contributed by atoms with Gasteiger partial charge in [0.25, 0.3) is 0 Å². The monoisotopic (exact) mass is 242 g/mol. The van der Waals surface area contributed by atoms with E-state index in [1.54, 1.807) is 26.2 Å². The number of rotatable bonds is 6.